The van der Waals surface area contributed by atoms with E-state index in [1.807, 2.05) is 30.3 Å². The van der Waals surface area contributed by atoms with Gasteiger partial charge in [-0.15, -0.1) is 0 Å². The number of halogens is 2. The van der Waals surface area contributed by atoms with E-state index in [0.29, 0.717) is 16.4 Å². The number of aromatic nitrogens is 2. The lowest BCUT2D eigenvalue weighted by atomic mass is 10.2. The van der Waals surface area contributed by atoms with Crippen LogP contribution in [0.5, 0.6) is 0 Å². The maximum absolute atomic E-state index is 12.4. The third kappa shape index (κ3) is 2.43. The van der Waals surface area contributed by atoms with Gasteiger partial charge in [-0.25, -0.2) is 4.79 Å². The summed E-state index contributed by atoms with van der Waals surface area (Å²) in [4.78, 5) is 16.5. The summed E-state index contributed by atoms with van der Waals surface area (Å²) >= 11 is 9.57. The molecular weight excluding hydrogens is 354 g/mol. The Balaban J connectivity index is 2.48. The zero-order valence-corrected chi connectivity index (χ0v) is 13.4. The van der Waals surface area contributed by atoms with Crippen molar-refractivity contribution < 1.29 is 0 Å². The van der Waals surface area contributed by atoms with Crippen molar-refractivity contribution in [3.05, 3.63) is 62.4 Å². The number of para-hydroxylation sites is 1. The van der Waals surface area contributed by atoms with Crippen LogP contribution in [-0.2, 0) is 0 Å². The van der Waals surface area contributed by atoms with Crippen LogP contribution in [0.15, 0.2) is 51.7 Å². The Morgan fingerprint density at radius 2 is 2.00 bits per heavy atom. The number of fused-ring (bicyclic) bond motifs is 1. The van der Waals surface area contributed by atoms with Gasteiger partial charge in [-0.3, -0.25) is 4.57 Å². The van der Waals surface area contributed by atoms with Crippen LogP contribution < -0.4 is 11.0 Å². The first-order valence-electron chi connectivity index (χ1n) is 6.27. The van der Waals surface area contributed by atoms with Gasteiger partial charge in [-0.2, -0.15) is 4.98 Å². The topological polar surface area (TPSA) is 46.9 Å². The number of anilines is 1. The van der Waals surface area contributed by atoms with Gasteiger partial charge in [0.25, 0.3) is 0 Å². The van der Waals surface area contributed by atoms with E-state index in [9.17, 15) is 4.79 Å². The summed E-state index contributed by atoms with van der Waals surface area (Å²) in [7, 11) is 1.73. The Labute approximate surface area is 134 Å². The summed E-state index contributed by atoms with van der Waals surface area (Å²) in [6.45, 7) is 0. The Bertz CT molecular complexity index is 892. The summed E-state index contributed by atoms with van der Waals surface area (Å²) in [5.74, 6) is 0.537. The lowest BCUT2D eigenvalue weighted by Gasteiger charge is -2.13. The van der Waals surface area contributed by atoms with Crippen molar-refractivity contribution >= 4 is 44.3 Å². The highest BCUT2D eigenvalue weighted by Gasteiger charge is 2.13. The van der Waals surface area contributed by atoms with Gasteiger partial charge in [0.1, 0.15) is 5.82 Å². The smallest absolute Gasteiger partial charge is 0.354 e. The van der Waals surface area contributed by atoms with E-state index in [1.54, 1.807) is 23.7 Å². The molecule has 1 heterocycles. The van der Waals surface area contributed by atoms with Crippen molar-refractivity contribution in [1.29, 1.82) is 0 Å². The van der Waals surface area contributed by atoms with Crippen LogP contribution in [0.1, 0.15) is 0 Å². The van der Waals surface area contributed by atoms with Crippen molar-refractivity contribution in [1.82, 2.24) is 9.55 Å². The highest BCUT2D eigenvalue weighted by Crippen LogP contribution is 2.27. The second-order valence-electron chi connectivity index (χ2n) is 4.44. The summed E-state index contributed by atoms with van der Waals surface area (Å²) < 4.78 is 2.36. The van der Waals surface area contributed by atoms with Gasteiger partial charge >= 0.3 is 5.69 Å². The number of hydrogen-bond donors (Lipinski definition) is 1. The largest absolute Gasteiger partial charge is 0.372 e. The van der Waals surface area contributed by atoms with Crippen LogP contribution in [0, 0.1) is 0 Å². The van der Waals surface area contributed by atoms with Crippen LogP contribution in [0.2, 0.25) is 5.02 Å². The molecule has 106 valence electrons. The molecule has 0 fully saturated rings. The maximum atomic E-state index is 12.4. The minimum absolute atomic E-state index is 0.360. The minimum atomic E-state index is -0.360. The lowest BCUT2D eigenvalue weighted by Crippen LogP contribution is -2.23. The maximum Gasteiger partial charge on any atom is 0.354 e. The van der Waals surface area contributed by atoms with E-state index in [-0.39, 0.29) is 5.69 Å². The monoisotopic (exact) mass is 363 g/mol. The Morgan fingerprint density at radius 1 is 1.24 bits per heavy atom. The van der Waals surface area contributed by atoms with Gasteiger partial charge in [0.05, 0.1) is 11.2 Å². The van der Waals surface area contributed by atoms with Crippen molar-refractivity contribution in [2.45, 2.75) is 0 Å². The zero-order valence-electron chi connectivity index (χ0n) is 11.1. The highest BCUT2D eigenvalue weighted by atomic mass is 79.9. The molecule has 0 saturated heterocycles. The molecule has 0 amide bonds. The van der Waals surface area contributed by atoms with E-state index in [2.05, 4.69) is 26.2 Å². The molecule has 1 N–H and O–H groups in total. The summed E-state index contributed by atoms with van der Waals surface area (Å²) in [6, 6.07) is 12.9. The fourth-order valence-electron chi connectivity index (χ4n) is 2.26. The van der Waals surface area contributed by atoms with Crippen LogP contribution in [-0.4, -0.2) is 16.6 Å². The molecule has 0 spiro atoms. The normalized spacial score (nSPS) is 10.8. The molecule has 0 aliphatic heterocycles. The molecule has 6 heteroatoms. The summed E-state index contributed by atoms with van der Waals surface area (Å²) in [6.07, 6.45) is 0. The fourth-order valence-corrected chi connectivity index (χ4v) is 2.88. The minimum Gasteiger partial charge on any atom is -0.372 e. The zero-order chi connectivity index (χ0) is 15.0. The van der Waals surface area contributed by atoms with Crippen molar-refractivity contribution in [2.24, 2.45) is 0 Å². The Kier molecular flexibility index (Phi) is 3.69. The summed E-state index contributed by atoms with van der Waals surface area (Å²) in [5, 5.41) is 4.34. The van der Waals surface area contributed by atoms with Gasteiger partial charge in [-0.1, -0.05) is 23.7 Å². The standard InChI is InChI=1S/C15H11BrClN3O/c1-18-14-10-7-6-9(17)8-13(10)20(15(21)19-14)12-5-3-2-4-11(12)16/h2-8H,1H3,(H,18,19,21). The molecular formula is C15H11BrClN3O. The van der Waals surface area contributed by atoms with E-state index in [1.165, 1.54) is 0 Å². The number of rotatable bonds is 2. The molecule has 3 aromatic rings. The molecule has 0 unspecified atom stereocenters. The van der Waals surface area contributed by atoms with Crippen molar-refractivity contribution in [2.75, 3.05) is 12.4 Å². The van der Waals surface area contributed by atoms with Gasteiger partial charge in [0.15, 0.2) is 0 Å². The lowest BCUT2D eigenvalue weighted by molar-refractivity contribution is 0.957. The Morgan fingerprint density at radius 3 is 2.71 bits per heavy atom. The predicted molar refractivity (Wildman–Crippen MR) is 89.6 cm³/mol. The third-order valence-electron chi connectivity index (χ3n) is 3.18. The molecule has 0 aliphatic carbocycles. The fraction of sp³-hybridized carbons (Fsp3) is 0.0667. The summed E-state index contributed by atoms with van der Waals surface area (Å²) in [5.41, 5.74) is 1.07. The highest BCUT2D eigenvalue weighted by molar-refractivity contribution is 9.10. The number of hydrogen-bond acceptors (Lipinski definition) is 3. The first-order chi connectivity index (χ1) is 10.1. The van der Waals surface area contributed by atoms with E-state index >= 15 is 0 Å². The first kappa shape index (κ1) is 14.1. The molecule has 1 aromatic heterocycles. The van der Waals surface area contributed by atoms with Crippen molar-refractivity contribution in [3.8, 4) is 5.69 Å². The number of nitrogens with zero attached hydrogens (tertiary/aromatic N) is 2. The molecule has 0 atom stereocenters. The first-order valence-corrected chi connectivity index (χ1v) is 7.44. The third-order valence-corrected chi connectivity index (χ3v) is 4.09. The molecule has 4 nitrogen and oxygen atoms in total. The van der Waals surface area contributed by atoms with Gasteiger partial charge in [0, 0.05) is 21.9 Å². The van der Waals surface area contributed by atoms with Crippen molar-refractivity contribution in [3.63, 3.8) is 0 Å². The molecule has 0 radical (unpaired) electrons. The average molecular weight is 365 g/mol. The number of benzene rings is 2. The van der Waals surface area contributed by atoms with E-state index in [0.717, 1.165) is 15.5 Å². The van der Waals surface area contributed by atoms with Crippen LogP contribution in [0.3, 0.4) is 0 Å². The SMILES string of the molecule is CNc1nc(=O)n(-c2ccccc2Br)c2cc(Cl)ccc12. The van der Waals surface area contributed by atoms with Crippen LogP contribution >= 0.6 is 27.5 Å². The second-order valence-corrected chi connectivity index (χ2v) is 5.73. The molecule has 0 saturated carbocycles. The number of nitrogens with one attached hydrogen (secondary N) is 1. The van der Waals surface area contributed by atoms with Gasteiger partial charge < -0.3 is 5.32 Å². The Hall–Kier alpha value is -1.85. The quantitative estimate of drug-likeness (QED) is 0.751. The van der Waals surface area contributed by atoms with E-state index in [4.69, 9.17) is 11.6 Å². The van der Waals surface area contributed by atoms with Gasteiger partial charge in [0.2, 0.25) is 0 Å². The molecule has 3 rings (SSSR count). The van der Waals surface area contributed by atoms with E-state index < -0.39 is 0 Å². The van der Waals surface area contributed by atoms with Crippen LogP contribution in [0.4, 0.5) is 5.82 Å². The second kappa shape index (κ2) is 5.50. The molecule has 0 bridgehead atoms. The average Bonchev–Trinajstić information content (AvgIpc) is 2.47. The van der Waals surface area contributed by atoms with Crippen LogP contribution in [0.25, 0.3) is 16.6 Å². The van der Waals surface area contributed by atoms with Gasteiger partial charge in [-0.05, 0) is 46.3 Å². The molecule has 0 aliphatic rings. The predicted octanol–water partition coefficient (Wildman–Crippen LogP) is 3.84. The molecule has 21 heavy (non-hydrogen) atoms. The molecule has 2 aromatic carbocycles.